The summed E-state index contributed by atoms with van der Waals surface area (Å²) in [5.41, 5.74) is 1.29. The molecule has 2 rings (SSSR count). The summed E-state index contributed by atoms with van der Waals surface area (Å²) in [6.07, 6.45) is 0. The zero-order valence-corrected chi connectivity index (χ0v) is 18.0. The average molecular weight is 477 g/mol. The molecule has 2 aromatic carbocycles. The molecule has 2 aromatic rings. The molecule has 0 bridgehead atoms. The van der Waals surface area contributed by atoms with Gasteiger partial charge in [0.15, 0.2) is 11.5 Å². The summed E-state index contributed by atoms with van der Waals surface area (Å²) < 4.78 is 31.5. The first kappa shape index (κ1) is 22.9. The Morgan fingerprint density at radius 2 is 1.96 bits per heavy atom. The Bertz CT molecular complexity index is 743. The Morgan fingerprint density at radius 3 is 2.68 bits per heavy atom. The van der Waals surface area contributed by atoms with Crippen molar-refractivity contribution in [1.29, 1.82) is 0 Å². The Kier molecular flexibility index (Phi) is 10.0. The molecule has 0 fully saturated rings. The van der Waals surface area contributed by atoms with Gasteiger partial charge in [0.2, 0.25) is 0 Å². The lowest BCUT2D eigenvalue weighted by molar-refractivity contribution is 0.0938. The van der Waals surface area contributed by atoms with E-state index in [1.165, 1.54) is 6.07 Å². The number of benzene rings is 2. The van der Waals surface area contributed by atoms with Crippen molar-refractivity contribution in [3.63, 3.8) is 0 Å². The van der Waals surface area contributed by atoms with Crippen molar-refractivity contribution in [2.45, 2.75) is 20.1 Å². The SMILES string of the molecule is CCOc1cc(CNCCOCCO)c(Br)cc1OCc1c(F)cccc1Cl. The highest BCUT2D eigenvalue weighted by Crippen LogP contribution is 2.35. The number of ether oxygens (including phenoxy) is 3. The van der Waals surface area contributed by atoms with E-state index in [9.17, 15) is 4.39 Å². The Hall–Kier alpha value is -1.38. The standard InChI is InChI=1S/C20H24BrClFNO4/c1-2-27-19-10-14(12-24-6-8-26-9-7-25)16(21)11-20(19)28-13-15-17(22)4-3-5-18(15)23/h3-5,10-11,24-25H,2,6-9,12-13H2,1H3. The molecule has 0 saturated carbocycles. The van der Waals surface area contributed by atoms with Crippen molar-refractivity contribution in [1.82, 2.24) is 5.32 Å². The van der Waals surface area contributed by atoms with Gasteiger partial charge in [-0.1, -0.05) is 33.6 Å². The zero-order valence-electron chi connectivity index (χ0n) is 15.6. The molecule has 0 aromatic heterocycles. The van der Waals surface area contributed by atoms with E-state index in [0.717, 1.165) is 10.0 Å². The third-order valence-corrected chi connectivity index (χ3v) is 4.91. The van der Waals surface area contributed by atoms with Crippen LogP contribution in [0.25, 0.3) is 0 Å². The molecule has 154 valence electrons. The van der Waals surface area contributed by atoms with E-state index >= 15 is 0 Å². The van der Waals surface area contributed by atoms with Gasteiger partial charge >= 0.3 is 0 Å². The van der Waals surface area contributed by atoms with Crippen LogP contribution in [0.2, 0.25) is 5.02 Å². The Labute approximate surface area is 177 Å². The molecule has 0 heterocycles. The van der Waals surface area contributed by atoms with Crippen LogP contribution in [-0.2, 0) is 17.9 Å². The average Bonchev–Trinajstić information content (AvgIpc) is 2.67. The minimum Gasteiger partial charge on any atom is -0.490 e. The molecule has 2 N–H and O–H groups in total. The maximum absolute atomic E-state index is 14.0. The van der Waals surface area contributed by atoms with Crippen molar-refractivity contribution in [2.75, 3.05) is 33.0 Å². The van der Waals surface area contributed by atoms with Crippen LogP contribution in [0.5, 0.6) is 11.5 Å². The van der Waals surface area contributed by atoms with E-state index < -0.39 is 5.82 Å². The Morgan fingerprint density at radius 1 is 1.18 bits per heavy atom. The molecule has 0 atom stereocenters. The monoisotopic (exact) mass is 475 g/mol. The van der Waals surface area contributed by atoms with E-state index in [4.69, 9.17) is 30.9 Å². The summed E-state index contributed by atoms with van der Waals surface area (Å²) >= 11 is 9.60. The van der Waals surface area contributed by atoms with Gasteiger partial charge in [-0.05, 0) is 36.8 Å². The molecular weight excluding hydrogens is 453 g/mol. The predicted octanol–water partition coefficient (Wildman–Crippen LogP) is 4.32. The van der Waals surface area contributed by atoms with Crippen LogP contribution in [0.15, 0.2) is 34.8 Å². The summed E-state index contributed by atoms with van der Waals surface area (Å²) in [4.78, 5) is 0. The highest BCUT2D eigenvalue weighted by Gasteiger charge is 2.13. The lowest BCUT2D eigenvalue weighted by Crippen LogP contribution is -2.20. The molecule has 0 saturated heterocycles. The van der Waals surface area contributed by atoms with E-state index in [0.29, 0.717) is 55.0 Å². The molecule has 0 aliphatic rings. The summed E-state index contributed by atoms with van der Waals surface area (Å²) in [7, 11) is 0. The molecule has 0 amide bonds. The minimum absolute atomic E-state index is 0.00217. The van der Waals surface area contributed by atoms with Gasteiger partial charge in [-0.15, -0.1) is 0 Å². The molecule has 0 spiro atoms. The second-order valence-electron chi connectivity index (χ2n) is 5.83. The summed E-state index contributed by atoms with van der Waals surface area (Å²) in [5, 5.41) is 12.3. The molecule has 0 unspecified atom stereocenters. The maximum atomic E-state index is 14.0. The fourth-order valence-electron chi connectivity index (χ4n) is 2.45. The number of halogens is 3. The topological polar surface area (TPSA) is 60.0 Å². The first-order valence-corrected chi connectivity index (χ1v) is 10.1. The van der Waals surface area contributed by atoms with Crippen LogP contribution in [0.3, 0.4) is 0 Å². The fraction of sp³-hybridized carbons (Fsp3) is 0.400. The van der Waals surface area contributed by atoms with E-state index in [1.807, 2.05) is 13.0 Å². The maximum Gasteiger partial charge on any atom is 0.162 e. The first-order chi connectivity index (χ1) is 13.6. The summed E-state index contributed by atoms with van der Waals surface area (Å²) in [6.45, 7) is 4.47. The molecule has 0 radical (unpaired) electrons. The molecular formula is C20H24BrClFNO4. The quantitative estimate of drug-likeness (QED) is 0.447. The number of aliphatic hydroxyl groups is 1. The number of hydrogen-bond acceptors (Lipinski definition) is 5. The molecule has 0 aliphatic carbocycles. The van der Waals surface area contributed by atoms with E-state index in [2.05, 4.69) is 21.2 Å². The predicted molar refractivity (Wildman–Crippen MR) is 111 cm³/mol. The van der Waals surface area contributed by atoms with E-state index in [1.54, 1.807) is 18.2 Å². The summed E-state index contributed by atoms with van der Waals surface area (Å²) in [6, 6.07) is 8.22. The minimum atomic E-state index is -0.409. The van der Waals surface area contributed by atoms with Gasteiger partial charge in [0.05, 0.1) is 31.5 Å². The van der Waals surface area contributed by atoms with Gasteiger partial charge in [-0.3, -0.25) is 0 Å². The van der Waals surface area contributed by atoms with Gasteiger partial charge in [0.25, 0.3) is 0 Å². The van der Waals surface area contributed by atoms with Crippen LogP contribution in [0.4, 0.5) is 4.39 Å². The van der Waals surface area contributed by atoms with Crippen LogP contribution >= 0.6 is 27.5 Å². The molecule has 8 heteroatoms. The molecule has 28 heavy (non-hydrogen) atoms. The lowest BCUT2D eigenvalue weighted by atomic mass is 10.2. The fourth-order valence-corrected chi connectivity index (χ4v) is 3.13. The van der Waals surface area contributed by atoms with Gasteiger partial charge in [-0.2, -0.15) is 0 Å². The van der Waals surface area contributed by atoms with Crippen molar-refractivity contribution in [3.8, 4) is 11.5 Å². The second kappa shape index (κ2) is 12.2. The summed E-state index contributed by atoms with van der Waals surface area (Å²) in [5.74, 6) is 0.670. The van der Waals surface area contributed by atoms with Gasteiger partial charge in [0, 0.05) is 23.1 Å². The highest BCUT2D eigenvalue weighted by molar-refractivity contribution is 9.10. The largest absolute Gasteiger partial charge is 0.490 e. The third-order valence-electron chi connectivity index (χ3n) is 3.82. The zero-order chi connectivity index (χ0) is 20.4. The van der Waals surface area contributed by atoms with Crippen LogP contribution in [0.1, 0.15) is 18.1 Å². The van der Waals surface area contributed by atoms with Gasteiger partial charge in [0.1, 0.15) is 12.4 Å². The van der Waals surface area contributed by atoms with Crippen molar-refractivity contribution >= 4 is 27.5 Å². The highest BCUT2D eigenvalue weighted by atomic mass is 79.9. The van der Waals surface area contributed by atoms with Crippen LogP contribution < -0.4 is 14.8 Å². The smallest absolute Gasteiger partial charge is 0.162 e. The van der Waals surface area contributed by atoms with Gasteiger partial charge in [-0.25, -0.2) is 4.39 Å². The normalized spacial score (nSPS) is 10.9. The number of rotatable bonds is 12. The number of hydrogen-bond donors (Lipinski definition) is 2. The number of aliphatic hydroxyl groups excluding tert-OH is 1. The second-order valence-corrected chi connectivity index (χ2v) is 7.09. The first-order valence-electron chi connectivity index (χ1n) is 8.97. The third kappa shape index (κ3) is 6.90. The van der Waals surface area contributed by atoms with Crippen molar-refractivity contribution < 1.29 is 23.7 Å². The molecule has 5 nitrogen and oxygen atoms in total. The van der Waals surface area contributed by atoms with Crippen LogP contribution in [-0.4, -0.2) is 38.1 Å². The van der Waals surface area contributed by atoms with Crippen molar-refractivity contribution in [3.05, 3.63) is 56.8 Å². The Balaban J connectivity index is 2.05. The van der Waals surface area contributed by atoms with E-state index in [-0.39, 0.29) is 13.2 Å². The molecule has 0 aliphatic heterocycles. The van der Waals surface area contributed by atoms with Crippen LogP contribution in [0, 0.1) is 5.82 Å². The van der Waals surface area contributed by atoms with Crippen molar-refractivity contribution in [2.24, 2.45) is 0 Å². The lowest BCUT2D eigenvalue weighted by Gasteiger charge is -2.16. The number of nitrogens with one attached hydrogen (secondary N) is 1. The van der Waals surface area contributed by atoms with Gasteiger partial charge < -0.3 is 24.6 Å².